The maximum atomic E-state index is 13.2. The Labute approximate surface area is 119 Å². The molecule has 0 aromatic heterocycles. The molecule has 1 atom stereocenters. The van der Waals surface area contributed by atoms with Gasteiger partial charge in [-0.15, -0.1) is 12.4 Å². The molecule has 3 rings (SSSR count). The van der Waals surface area contributed by atoms with Crippen LogP contribution in [0.4, 0.5) is 4.39 Å². The Balaban J connectivity index is 0.00000133. The minimum atomic E-state index is -0.360. The van der Waals surface area contributed by atoms with Crippen LogP contribution in [0, 0.1) is 11.2 Å². The molecular formula is C14H20ClFN2O. The highest BCUT2D eigenvalue weighted by atomic mass is 35.5. The Bertz CT molecular complexity index is 429. The average Bonchev–Trinajstić information content (AvgIpc) is 2.89. The van der Waals surface area contributed by atoms with Gasteiger partial charge in [0.1, 0.15) is 11.6 Å². The summed E-state index contributed by atoms with van der Waals surface area (Å²) in [6.45, 7) is 5.11. The number of likely N-dealkylation sites (tertiary alicyclic amines) is 1. The van der Waals surface area contributed by atoms with Gasteiger partial charge in [0.25, 0.3) is 0 Å². The summed E-state index contributed by atoms with van der Waals surface area (Å²) in [5.74, 6) is -0.345. The second-order valence-corrected chi connectivity index (χ2v) is 5.71. The number of phenolic OH excluding ortho intramolecular Hbond substituents is 1. The molecule has 0 radical (unpaired) electrons. The van der Waals surface area contributed by atoms with E-state index in [-0.39, 0.29) is 24.0 Å². The van der Waals surface area contributed by atoms with Crippen molar-refractivity contribution in [1.29, 1.82) is 0 Å². The van der Waals surface area contributed by atoms with E-state index in [1.165, 1.54) is 18.9 Å². The zero-order chi connectivity index (χ0) is 12.6. The number of aromatic hydroxyl groups is 1. The van der Waals surface area contributed by atoms with E-state index in [1.807, 2.05) is 0 Å². The van der Waals surface area contributed by atoms with Gasteiger partial charge >= 0.3 is 0 Å². The van der Waals surface area contributed by atoms with Crippen molar-refractivity contribution in [3.8, 4) is 5.75 Å². The van der Waals surface area contributed by atoms with Crippen LogP contribution in [0.5, 0.6) is 5.75 Å². The lowest BCUT2D eigenvalue weighted by molar-refractivity contribution is 0.268. The van der Waals surface area contributed by atoms with Crippen molar-refractivity contribution in [3.05, 3.63) is 29.6 Å². The maximum absolute atomic E-state index is 13.2. The molecule has 1 unspecified atom stereocenters. The van der Waals surface area contributed by atoms with Crippen molar-refractivity contribution in [1.82, 2.24) is 10.2 Å². The molecule has 0 bridgehead atoms. The van der Waals surface area contributed by atoms with Gasteiger partial charge in [-0.2, -0.15) is 0 Å². The second-order valence-electron chi connectivity index (χ2n) is 5.71. The number of hydrogen-bond acceptors (Lipinski definition) is 3. The van der Waals surface area contributed by atoms with E-state index in [1.54, 1.807) is 6.07 Å². The van der Waals surface area contributed by atoms with Crippen LogP contribution in [0.2, 0.25) is 0 Å². The van der Waals surface area contributed by atoms with E-state index >= 15 is 0 Å². The normalized spacial score (nSPS) is 26.8. The predicted molar refractivity (Wildman–Crippen MR) is 75.1 cm³/mol. The van der Waals surface area contributed by atoms with E-state index in [0.29, 0.717) is 5.41 Å². The number of halogens is 2. The highest BCUT2D eigenvalue weighted by Gasteiger charge is 2.39. The lowest BCUT2D eigenvalue weighted by Crippen LogP contribution is -2.28. The van der Waals surface area contributed by atoms with Crippen LogP contribution < -0.4 is 5.32 Å². The molecule has 1 spiro atoms. The molecule has 2 fully saturated rings. The molecule has 19 heavy (non-hydrogen) atoms. The summed E-state index contributed by atoms with van der Waals surface area (Å²) in [5, 5.41) is 12.8. The first kappa shape index (κ1) is 14.6. The van der Waals surface area contributed by atoms with Gasteiger partial charge < -0.3 is 10.4 Å². The largest absolute Gasteiger partial charge is 0.508 e. The summed E-state index contributed by atoms with van der Waals surface area (Å²) in [5.41, 5.74) is 1.30. The lowest BCUT2D eigenvalue weighted by atomic mass is 9.86. The van der Waals surface area contributed by atoms with Gasteiger partial charge in [-0.1, -0.05) is 0 Å². The van der Waals surface area contributed by atoms with E-state index in [2.05, 4.69) is 10.2 Å². The van der Waals surface area contributed by atoms with Crippen molar-refractivity contribution < 1.29 is 9.50 Å². The highest BCUT2D eigenvalue weighted by Crippen LogP contribution is 2.36. The maximum Gasteiger partial charge on any atom is 0.127 e. The molecule has 5 heteroatoms. The summed E-state index contributed by atoms with van der Waals surface area (Å²) in [6, 6.07) is 4.31. The summed E-state index contributed by atoms with van der Waals surface area (Å²) in [6.07, 6.45) is 2.47. The lowest BCUT2D eigenvalue weighted by Gasteiger charge is -2.22. The molecule has 2 aliphatic rings. The quantitative estimate of drug-likeness (QED) is 0.874. The van der Waals surface area contributed by atoms with Gasteiger partial charge in [0, 0.05) is 25.7 Å². The molecule has 106 valence electrons. The van der Waals surface area contributed by atoms with Crippen LogP contribution in [0.25, 0.3) is 0 Å². The first-order chi connectivity index (χ1) is 8.65. The van der Waals surface area contributed by atoms with E-state index in [0.717, 1.165) is 44.4 Å². The van der Waals surface area contributed by atoms with Gasteiger partial charge in [-0.05, 0) is 49.0 Å². The molecule has 1 aromatic carbocycles. The predicted octanol–water partition coefficient (Wildman–Crippen LogP) is 2.14. The molecule has 2 heterocycles. The number of benzene rings is 1. The van der Waals surface area contributed by atoms with Crippen LogP contribution in [0.3, 0.4) is 0 Å². The van der Waals surface area contributed by atoms with Crippen molar-refractivity contribution in [2.75, 3.05) is 26.2 Å². The van der Waals surface area contributed by atoms with Crippen LogP contribution in [-0.4, -0.2) is 36.2 Å². The van der Waals surface area contributed by atoms with E-state index in [9.17, 15) is 9.50 Å². The fourth-order valence-corrected chi connectivity index (χ4v) is 3.29. The zero-order valence-electron chi connectivity index (χ0n) is 10.9. The van der Waals surface area contributed by atoms with Crippen molar-refractivity contribution in [2.24, 2.45) is 5.41 Å². The Hall–Kier alpha value is -0.840. The molecular weight excluding hydrogens is 267 g/mol. The number of rotatable bonds is 2. The molecule has 2 saturated heterocycles. The van der Waals surface area contributed by atoms with Gasteiger partial charge in [0.2, 0.25) is 0 Å². The minimum Gasteiger partial charge on any atom is -0.508 e. The number of phenols is 1. The third kappa shape index (κ3) is 3.19. The van der Waals surface area contributed by atoms with Gasteiger partial charge in [-0.25, -0.2) is 4.39 Å². The van der Waals surface area contributed by atoms with Gasteiger partial charge in [-0.3, -0.25) is 4.90 Å². The fraction of sp³-hybridized carbons (Fsp3) is 0.571. The van der Waals surface area contributed by atoms with Crippen LogP contribution in [0.15, 0.2) is 18.2 Å². The third-order valence-corrected chi connectivity index (χ3v) is 4.20. The molecule has 2 aliphatic heterocycles. The molecule has 1 aromatic rings. The first-order valence-corrected chi connectivity index (χ1v) is 6.57. The summed E-state index contributed by atoms with van der Waals surface area (Å²) >= 11 is 0. The Morgan fingerprint density at radius 2 is 2.16 bits per heavy atom. The van der Waals surface area contributed by atoms with Gasteiger partial charge in [0.05, 0.1) is 0 Å². The fourth-order valence-electron chi connectivity index (χ4n) is 3.29. The molecule has 0 amide bonds. The smallest absolute Gasteiger partial charge is 0.127 e. The number of nitrogens with one attached hydrogen (secondary N) is 1. The molecule has 3 nitrogen and oxygen atoms in total. The van der Waals surface area contributed by atoms with Crippen molar-refractivity contribution in [3.63, 3.8) is 0 Å². The molecule has 0 saturated carbocycles. The van der Waals surface area contributed by atoms with Crippen LogP contribution in [0.1, 0.15) is 18.4 Å². The van der Waals surface area contributed by atoms with Crippen molar-refractivity contribution >= 4 is 12.4 Å². The highest BCUT2D eigenvalue weighted by molar-refractivity contribution is 5.85. The Morgan fingerprint density at radius 3 is 2.84 bits per heavy atom. The van der Waals surface area contributed by atoms with E-state index < -0.39 is 0 Å². The number of nitrogens with zero attached hydrogens (tertiary/aromatic N) is 1. The van der Waals surface area contributed by atoms with Crippen LogP contribution >= 0.6 is 12.4 Å². The monoisotopic (exact) mass is 286 g/mol. The minimum absolute atomic E-state index is 0. The Kier molecular flexibility index (Phi) is 4.33. The summed E-state index contributed by atoms with van der Waals surface area (Å²) in [4.78, 5) is 2.36. The third-order valence-electron chi connectivity index (χ3n) is 4.20. The molecule has 2 N–H and O–H groups in total. The SMILES string of the molecule is Cl.Oc1cc(F)cc(CN2CCC3(CCNC3)C2)c1. The van der Waals surface area contributed by atoms with Gasteiger partial charge in [0.15, 0.2) is 0 Å². The average molecular weight is 287 g/mol. The van der Waals surface area contributed by atoms with Crippen molar-refractivity contribution in [2.45, 2.75) is 19.4 Å². The zero-order valence-corrected chi connectivity index (χ0v) is 11.7. The number of hydrogen-bond donors (Lipinski definition) is 2. The van der Waals surface area contributed by atoms with E-state index in [4.69, 9.17) is 0 Å². The second kappa shape index (κ2) is 5.65. The topological polar surface area (TPSA) is 35.5 Å². The Morgan fingerprint density at radius 1 is 1.32 bits per heavy atom. The summed E-state index contributed by atoms with van der Waals surface area (Å²) in [7, 11) is 0. The standard InChI is InChI=1S/C14H19FN2O.ClH/c15-12-5-11(6-13(18)7-12)8-17-4-2-14(10-17)1-3-16-9-14;/h5-7,16,18H,1-4,8-10H2;1H. The van der Waals surface area contributed by atoms with Crippen LogP contribution in [-0.2, 0) is 6.54 Å². The molecule has 0 aliphatic carbocycles. The summed E-state index contributed by atoms with van der Waals surface area (Å²) < 4.78 is 13.2. The first-order valence-electron chi connectivity index (χ1n) is 6.57.